The third-order valence-electron chi connectivity index (χ3n) is 3.89. The quantitative estimate of drug-likeness (QED) is 0.201. The largest absolute Gasteiger partial charge is 2.00 e. The normalized spacial score (nSPS) is 11.2. The van der Waals surface area contributed by atoms with E-state index in [1.165, 1.54) is 21.2 Å². The fourth-order valence-electron chi connectivity index (χ4n) is 2.61. The molecule has 0 aliphatic heterocycles. The van der Waals surface area contributed by atoms with Crippen molar-refractivity contribution in [2.45, 2.75) is 13.8 Å². The maximum atomic E-state index is 3.44. The zero-order chi connectivity index (χ0) is 22.5. The summed E-state index contributed by atoms with van der Waals surface area (Å²) in [6.07, 6.45) is 0. The summed E-state index contributed by atoms with van der Waals surface area (Å²) >= 11 is 0. The maximum Gasteiger partial charge on any atom is 2.00 e. The van der Waals surface area contributed by atoms with Gasteiger partial charge >= 0.3 is 19.5 Å². The van der Waals surface area contributed by atoms with E-state index in [1.54, 1.807) is 0 Å². The van der Waals surface area contributed by atoms with Gasteiger partial charge in [0.2, 0.25) is 0 Å². The molecule has 0 saturated carbocycles. The first-order chi connectivity index (χ1) is 14.2. The smallest absolute Gasteiger partial charge is 0.242 e. The van der Waals surface area contributed by atoms with Crippen molar-refractivity contribution in [3.63, 3.8) is 0 Å². The molecule has 3 heteroatoms. The monoisotopic (exact) mass is 534 g/mol. The van der Waals surface area contributed by atoms with Crippen molar-refractivity contribution < 1.29 is 19.5 Å². The van der Waals surface area contributed by atoms with E-state index in [-0.39, 0.29) is 35.3 Å². The molecule has 2 atom stereocenters. The fraction of sp³-hybridized carbons (Fsp3) is 0.143. The van der Waals surface area contributed by atoms with Crippen LogP contribution < -0.4 is 21.2 Å². The van der Waals surface area contributed by atoms with Crippen molar-refractivity contribution in [3.8, 4) is 0 Å². The molecule has 3 aromatic rings. The van der Waals surface area contributed by atoms with Crippen LogP contribution >= 0.6 is 15.8 Å². The van der Waals surface area contributed by atoms with Crippen LogP contribution in [0.3, 0.4) is 0 Å². The standard InChI is InChI=1S/C20H20P2.2C4H7.Ru/c1-21(17-11-5-3-6-12-17)19-15-9-10-16-20(19)22(2)18-13-7-4-8-14-18;2*1-4(2)3;/h3-16H,1-2H3;2*1-2H2,3H3;/q;2*-1;+2. The Morgan fingerprint density at radius 2 is 0.806 bits per heavy atom. The van der Waals surface area contributed by atoms with E-state index >= 15 is 0 Å². The first-order valence-corrected chi connectivity index (χ1v) is 13.4. The molecule has 0 aliphatic rings. The number of rotatable bonds is 4. The Kier molecular flexibility index (Phi) is 15.2. The van der Waals surface area contributed by atoms with Crippen molar-refractivity contribution >= 4 is 37.1 Å². The van der Waals surface area contributed by atoms with Crippen LogP contribution in [0.5, 0.6) is 0 Å². The summed E-state index contributed by atoms with van der Waals surface area (Å²) in [5, 5.41) is 5.92. The van der Waals surface area contributed by atoms with Gasteiger partial charge in [-0.1, -0.05) is 98.8 Å². The molecule has 164 valence electrons. The van der Waals surface area contributed by atoms with Crippen LogP contribution in [-0.2, 0) is 19.5 Å². The minimum atomic E-state index is -0.298. The van der Waals surface area contributed by atoms with Crippen LogP contribution in [0, 0.1) is 13.8 Å². The van der Waals surface area contributed by atoms with Crippen molar-refractivity contribution in [1.29, 1.82) is 0 Å². The molecule has 31 heavy (non-hydrogen) atoms. The molecule has 0 saturated heterocycles. The van der Waals surface area contributed by atoms with Crippen molar-refractivity contribution in [2.75, 3.05) is 13.3 Å². The van der Waals surface area contributed by atoms with Crippen LogP contribution in [0.15, 0.2) is 109 Å². The molecule has 3 rings (SSSR count). The number of benzene rings is 3. The van der Waals surface area contributed by atoms with E-state index in [9.17, 15) is 0 Å². The van der Waals surface area contributed by atoms with Gasteiger partial charge in [-0.05, 0) is 50.4 Å². The average Bonchev–Trinajstić information content (AvgIpc) is 2.73. The zero-order valence-electron chi connectivity index (χ0n) is 19.2. The molecule has 0 amide bonds. The average molecular weight is 534 g/mol. The maximum absolute atomic E-state index is 3.44. The number of allylic oxidation sites excluding steroid dienone is 2. The molecule has 0 fully saturated rings. The Morgan fingerprint density at radius 3 is 1.06 bits per heavy atom. The van der Waals surface area contributed by atoms with E-state index in [4.69, 9.17) is 0 Å². The number of hydrogen-bond acceptors (Lipinski definition) is 0. The summed E-state index contributed by atoms with van der Waals surface area (Å²) in [5.41, 5.74) is 1.83. The van der Waals surface area contributed by atoms with E-state index < -0.39 is 0 Å². The Hall–Kier alpha value is -1.64. The molecule has 0 bridgehead atoms. The van der Waals surface area contributed by atoms with E-state index in [1.807, 2.05) is 13.8 Å². The van der Waals surface area contributed by atoms with E-state index in [2.05, 4.69) is 125 Å². The van der Waals surface area contributed by atoms with Gasteiger partial charge in [0.15, 0.2) is 0 Å². The SMILES string of the molecule is C=C([CH2-])C.C=C([CH2-])C.CP(c1ccccc1)c1ccccc1P(C)c1ccccc1.[Ru+2]. The molecule has 0 radical (unpaired) electrons. The van der Waals surface area contributed by atoms with Crippen molar-refractivity contribution in [2.24, 2.45) is 0 Å². The minimum absolute atomic E-state index is 0. The molecule has 0 aliphatic carbocycles. The first-order valence-electron chi connectivity index (χ1n) is 9.85. The van der Waals surface area contributed by atoms with Gasteiger partial charge in [0, 0.05) is 0 Å². The van der Waals surface area contributed by atoms with Crippen LogP contribution in [0.2, 0.25) is 0 Å². The molecule has 3 aromatic carbocycles. The second kappa shape index (κ2) is 16.1. The Morgan fingerprint density at radius 1 is 0.581 bits per heavy atom. The van der Waals surface area contributed by atoms with E-state index in [0.717, 1.165) is 11.1 Å². The molecule has 0 heterocycles. The van der Waals surface area contributed by atoms with Gasteiger partial charge < -0.3 is 0 Å². The van der Waals surface area contributed by atoms with Crippen molar-refractivity contribution in [1.82, 2.24) is 0 Å². The third kappa shape index (κ3) is 11.5. The van der Waals surface area contributed by atoms with Gasteiger partial charge in [-0.15, -0.1) is 0 Å². The van der Waals surface area contributed by atoms with Crippen molar-refractivity contribution in [3.05, 3.63) is 123 Å². The van der Waals surface area contributed by atoms with Crippen LogP contribution in [0.4, 0.5) is 0 Å². The fourth-order valence-corrected chi connectivity index (χ4v) is 6.76. The summed E-state index contributed by atoms with van der Waals surface area (Å²) in [7, 11) is -0.596. The minimum Gasteiger partial charge on any atom is -0.242 e. The van der Waals surface area contributed by atoms with Gasteiger partial charge in [-0.25, -0.2) is 38.2 Å². The Balaban J connectivity index is 0.000000867. The predicted molar refractivity (Wildman–Crippen MR) is 144 cm³/mol. The van der Waals surface area contributed by atoms with Gasteiger partial charge in [0.05, 0.1) is 0 Å². The Labute approximate surface area is 206 Å². The summed E-state index contributed by atoms with van der Waals surface area (Å²) in [6.45, 7) is 22.2. The topological polar surface area (TPSA) is 0 Å². The second-order valence-electron chi connectivity index (χ2n) is 7.19. The van der Waals surface area contributed by atoms with Gasteiger partial charge in [-0.2, -0.15) is 0 Å². The summed E-state index contributed by atoms with van der Waals surface area (Å²) in [4.78, 5) is 0. The van der Waals surface area contributed by atoms with E-state index in [0.29, 0.717) is 0 Å². The molecule has 0 spiro atoms. The second-order valence-corrected chi connectivity index (χ2v) is 11.4. The van der Waals surface area contributed by atoms with Gasteiger partial charge in [-0.3, -0.25) is 0 Å². The van der Waals surface area contributed by atoms with Crippen LogP contribution in [0.25, 0.3) is 0 Å². The van der Waals surface area contributed by atoms with Gasteiger partial charge in [0.25, 0.3) is 0 Å². The van der Waals surface area contributed by atoms with Crippen LogP contribution in [0.1, 0.15) is 13.8 Å². The summed E-state index contributed by atoms with van der Waals surface area (Å²) in [6, 6.07) is 30.7. The molecule has 0 aromatic heterocycles. The first kappa shape index (κ1) is 29.4. The molecular weight excluding hydrogens is 499 g/mol. The third-order valence-corrected chi connectivity index (χ3v) is 8.44. The van der Waals surface area contributed by atoms with Gasteiger partial charge in [0.1, 0.15) is 0 Å². The summed E-state index contributed by atoms with van der Waals surface area (Å²) < 4.78 is 0. The zero-order valence-corrected chi connectivity index (χ0v) is 22.7. The molecular formula is C28H34P2Ru. The molecule has 0 nitrogen and oxygen atoms in total. The van der Waals surface area contributed by atoms with Crippen LogP contribution in [-0.4, -0.2) is 13.3 Å². The summed E-state index contributed by atoms with van der Waals surface area (Å²) in [5.74, 6) is 0. The molecule has 2 unspecified atom stereocenters. The Bertz CT molecular complexity index is 820. The molecule has 0 N–H and O–H groups in total. The predicted octanol–water partition coefficient (Wildman–Crippen LogP) is 6.60. The number of hydrogen-bond donors (Lipinski definition) is 0.